The fourth-order valence-corrected chi connectivity index (χ4v) is 1.03. The van der Waals surface area contributed by atoms with Gasteiger partial charge in [0.05, 0.1) is 19.8 Å². The van der Waals surface area contributed by atoms with Crippen LogP contribution in [0.5, 0.6) is 0 Å². The lowest BCUT2D eigenvalue weighted by molar-refractivity contribution is 0.126. The van der Waals surface area contributed by atoms with Gasteiger partial charge in [0.15, 0.2) is 0 Å². The molecule has 0 aliphatic carbocycles. The third kappa shape index (κ3) is 2.16. The molecular weight excluding hydrogens is 164 g/mol. The van der Waals surface area contributed by atoms with Gasteiger partial charge in [0, 0.05) is 6.54 Å². The molecule has 6 heteroatoms. The normalized spacial score (nSPS) is 24.7. The first kappa shape index (κ1) is 8.92. The van der Waals surface area contributed by atoms with Crippen molar-refractivity contribution < 1.29 is 14.6 Å². The molecule has 12 heavy (non-hydrogen) atoms. The van der Waals surface area contributed by atoms with E-state index in [9.17, 15) is 9.70 Å². The number of carboxylic acid groups (broad SMARTS) is 1. The number of hydrogen-bond donors (Lipinski definition) is 1. The molecule has 1 aliphatic rings. The summed E-state index contributed by atoms with van der Waals surface area (Å²) in [7, 11) is 0. The molecule has 1 amide bonds. The SMILES string of the molecule is O=NC1COCCN(C(=O)O)C1. The third-order valence-corrected chi connectivity index (χ3v) is 1.67. The molecule has 1 unspecified atom stereocenters. The molecule has 1 fully saturated rings. The Morgan fingerprint density at radius 3 is 3.00 bits per heavy atom. The Bertz CT molecular complexity index is 184. The maximum Gasteiger partial charge on any atom is 0.407 e. The number of hydrogen-bond acceptors (Lipinski definition) is 4. The van der Waals surface area contributed by atoms with Crippen LogP contribution >= 0.6 is 0 Å². The summed E-state index contributed by atoms with van der Waals surface area (Å²) in [6.07, 6.45) is -1.03. The van der Waals surface area contributed by atoms with Crippen LogP contribution in [0.25, 0.3) is 0 Å². The number of amides is 1. The number of ether oxygens (including phenoxy) is 1. The maximum atomic E-state index is 10.5. The van der Waals surface area contributed by atoms with E-state index in [2.05, 4.69) is 5.18 Å². The van der Waals surface area contributed by atoms with Crippen LogP contribution < -0.4 is 0 Å². The Morgan fingerprint density at radius 1 is 1.67 bits per heavy atom. The predicted octanol–water partition coefficient (Wildman–Crippen LogP) is 0.132. The molecule has 0 saturated carbocycles. The van der Waals surface area contributed by atoms with Crippen molar-refractivity contribution in [2.24, 2.45) is 5.18 Å². The zero-order chi connectivity index (χ0) is 8.97. The average Bonchev–Trinajstić information content (AvgIpc) is 2.28. The quantitative estimate of drug-likeness (QED) is 0.573. The van der Waals surface area contributed by atoms with E-state index < -0.39 is 12.1 Å². The van der Waals surface area contributed by atoms with Crippen molar-refractivity contribution in [3.05, 3.63) is 4.91 Å². The maximum absolute atomic E-state index is 10.5. The zero-order valence-corrected chi connectivity index (χ0v) is 6.47. The molecule has 1 rings (SSSR count). The van der Waals surface area contributed by atoms with Crippen LogP contribution in [-0.2, 0) is 4.74 Å². The van der Waals surface area contributed by atoms with Gasteiger partial charge in [-0.05, 0) is 0 Å². The zero-order valence-electron chi connectivity index (χ0n) is 6.47. The predicted molar refractivity (Wildman–Crippen MR) is 40.0 cm³/mol. The van der Waals surface area contributed by atoms with Crippen LogP contribution in [0.2, 0.25) is 0 Å². The third-order valence-electron chi connectivity index (χ3n) is 1.67. The molecular formula is C6H10N2O4. The first-order chi connectivity index (χ1) is 5.74. The van der Waals surface area contributed by atoms with E-state index >= 15 is 0 Å². The smallest absolute Gasteiger partial charge is 0.407 e. The Labute approximate surface area is 69.1 Å². The van der Waals surface area contributed by atoms with E-state index in [4.69, 9.17) is 9.84 Å². The summed E-state index contributed by atoms with van der Waals surface area (Å²) in [4.78, 5) is 21.8. The molecule has 6 nitrogen and oxygen atoms in total. The van der Waals surface area contributed by atoms with Crippen LogP contribution in [0.1, 0.15) is 0 Å². The van der Waals surface area contributed by atoms with Gasteiger partial charge in [0.25, 0.3) is 0 Å². The minimum absolute atomic E-state index is 0.138. The fraction of sp³-hybridized carbons (Fsp3) is 0.833. The molecule has 0 aromatic heterocycles. The lowest BCUT2D eigenvalue weighted by Gasteiger charge is -2.15. The molecule has 0 spiro atoms. The number of carbonyl (C=O) groups is 1. The van der Waals surface area contributed by atoms with E-state index in [1.807, 2.05) is 0 Å². The van der Waals surface area contributed by atoms with Crippen molar-refractivity contribution in [3.63, 3.8) is 0 Å². The summed E-state index contributed by atoms with van der Waals surface area (Å²) in [6, 6.07) is -0.566. The number of rotatable bonds is 1. The van der Waals surface area contributed by atoms with Crippen LogP contribution in [0.4, 0.5) is 4.79 Å². The molecule has 1 atom stereocenters. The summed E-state index contributed by atoms with van der Waals surface area (Å²) in [5, 5.41) is 11.4. The Kier molecular flexibility index (Phi) is 2.98. The highest BCUT2D eigenvalue weighted by atomic mass is 16.5. The molecule has 1 aliphatic heterocycles. The van der Waals surface area contributed by atoms with Crippen molar-refractivity contribution in [1.82, 2.24) is 4.90 Å². The lowest BCUT2D eigenvalue weighted by atomic mass is 10.3. The van der Waals surface area contributed by atoms with E-state index in [1.165, 1.54) is 0 Å². The van der Waals surface area contributed by atoms with Crippen molar-refractivity contribution in [2.45, 2.75) is 6.04 Å². The van der Waals surface area contributed by atoms with Crippen LogP contribution in [0.15, 0.2) is 5.18 Å². The second kappa shape index (κ2) is 4.01. The monoisotopic (exact) mass is 174 g/mol. The highest BCUT2D eigenvalue weighted by Gasteiger charge is 2.21. The average molecular weight is 174 g/mol. The second-order valence-electron chi connectivity index (χ2n) is 2.56. The summed E-state index contributed by atoms with van der Waals surface area (Å²) in [5.74, 6) is 0. The molecule has 0 bridgehead atoms. The van der Waals surface area contributed by atoms with Crippen molar-refractivity contribution >= 4 is 6.09 Å². The Balaban J connectivity index is 2.52. The first-order valence-corrected chi connectivity index (χ1v) is 3.62. The van der Waals surface area contributed by atoms with Gasteiger partial charge in [0.1, 0.15) is 6.04 Å². The summed E-state index contributed by atoms with van der Waals surface area (Å²) < 4.78 is 4.98. The molecule has 1 N–H and O–H groups in total. The minimum Gasteiger partial charge on any atom is -0.465 e. The molecule has 68 valence electrons. The van der Waals surface area contributed by atoms with E-state index in [-0.39, 0.29) is 13.2 Å². The van der Waals surface area contributed by atoms with Crippen molar-refractivity contribution in [2.75, 3.05) is 26.3 Å². The summed E-state index contributed by atoms with van der Waals surface area (Å²) >= 11 is 0. The molecule has 0 radical (unpaired) electrons. The van der Waals surface area contributed by atoms with Gasteiger partial charge in [-0.3, -0.25) is 0 Å². The van der Waals surface area contributed by atoms with E-state index in [0.717, 1.165) is 4.90 Å². The highest BCUT2D eigenvalue weighted by molar-refractivity contribution is 5.65. The lowest BCUT2D eigenvalue weighted by Crippen LogP contribution is -2.35. The number of nitrogens with zero attached hydrogens (tertiary/aromatic N) is 2. The topological polar surface area (TPSA) is 79.2 Å². The first-order valence-electron chi connectivity index (χ1n) is 3.62. The highest BCUT2D eigenvalue weighted by Crippen LogP contribution is 2.03. The van der Waals surface area contributed by atoms with Crippen LogP contribution in [0.3, 0.4) is 0 Å². The van der Waals surface area contributed by atoms with Gasteiger partial charge >= 0.3 is 6.09 Å². The molecule has 0 aromatic carbocycles. The minimum atomic E-state index is -1.03. The summed E-state index contributed by atoms with van der Waals surface area (Å²) in [6.45, 7) is 0.992. The van der Waals surface area contributed by atoms with Crippen molar-refractivity contribution in [3.8, 4) is 0 Å². The van der Waals surface area contributed by atoms with Gasteiger partial charge in [-0.15, -0.1) is 0 Å². The van der Waals surface area contributed by atoms with E-state index in [0.29, 0.717) is 13.2 Å². The fourth-order valence-electron chi connectivity index (χ4n) is 1.03. The molecule has 0 aromatic rings. The molecule has 1 saturated heterocycles. The van der Waals surface area contributed by atoms with Crippen LogP contribution in [-0.4, -0.2) is 48.4 Å². The van der Waals surface area contributed by atoms with Crippen LogP contribution in [0, 0.1) is 4.91 Å². The second-order valence-corrected chi connectivity index (χ2v) is 2.56. The molecule has 1 heterocycles. The van der Waals surface area contributed by atoms with Gasteiger partial charge in [-0.25, -0.2) is 4.79 Å². The van der Waals surface area contributed by atoms with Gasteiger partial charge in [-0.1, -0.05) is 5.18 Å². The van der Waals surface area contributed by atoms with Crippen molar-refractivity contribution in [1.29, 1.82) is 0 Å². The summed E-state index contributed by atoms with van der Waals surface area (Å²) in [5.41, 5.74) is 0. The standard InChI is InChI=1S/C6H10N2O4/c9-6(10)8-1-2-12-4-5(3-8)7-11/h5H,1-4H2,(H,9,10). The van der Waals surface area contributed by atoms with Gasteiger partial charge in [0.2, 0.25) is 0 Å². The Morgan fingerprint density at radius 2 is 2.42 bits per heavy atom. The van der Waals surface area contributed by atoms with Gasteiger partial charge in [-0.2, -0.15) is 4.91 Å². The van der Waals surface area contributed by atoms with Gasteiger partial charge < -0.3 is 14.7 Å². The van der Waals surface area contributed by atoms with E-state index in [1.54, 1.807) is 0 Å². The largest absolute Gasteiger partial charge is 0.465 e. The Hall–Kier alpha value is -1.17. The number of nitroso groups, excluding NO2 is 1.